The zero-order chi connectivity index (χ0) is 11.5. The van der Waals surface area contributed by atoms with Gasteiger partial charge in [-0.25, -0.2) is 4.79 Å². The molecule has 2 aromatic rings. The molecule has 0 amide bonds. The molecule has 86 valence electrons. The van der Waals surface area contributed by atoms with Gasteiger partial charge in [0.2, 0.25) is 0 Å². The number of unbranched alkanes of at least 4 members (excludes halogenated alkanes) is 1. The molecule has 2 aromatic heterocycles. The molecule has 5 heteroatoms. The number of H-pyrrole nitrogens is 1. The van der Waals surface area contributed by atoms with Gasteiger partial charge >= 0.3 is 5.97 Å². The van der Waals surface area contributed by atoms with Gasteiger partial charge in [0.05, 0.1) is 12.1 Å². The summed E-state index contributed by atoms with van der Waals surface area (Å²) in [6, 6.07) is 1.96. The molecule has 16 heavy (non-hydrogen) atoms. The molecule has 0 saturated heterocycles. The van der Waals surface area contributed by atoms with Gasteiger partial charge in [-0.05, 0) is 6.42 Å². The van der Waals surface area contributed by atoms with Gasteiger partial charge in [-0.15, -0.1) is 0 Å². The van der Waals surface area contributed by atoms with Crippen molar-refractivity contribution in [2.45, 2.75) is 19.8 Å². The molecule has 0 aliphatic heterocycles. The molecule has 2 rings (SSSR count). The molecule has 0 aromatic carbocycles. The lowest BCUT2D eigenvalue weighted by atomic mass is 10.3. The average molecular weight is 225 g/mol. The van der Waals surface area contributed by atoms with Gasteiger partial charge < -0.3 is 14.1 Å². The van der Waals surface area contributed by atoms with Crippen molar-refractivity contribution in [3.8, 4) is 0 Å². The Morgan fingerprint density at radius 2 is 2.38 bits per heavy atom. The molecule has 0 aliphatic rings. The zero-order valence-electron chi connectivity index (χ0n) is 8.88. The van der Waals surface area contributed by atoms with Crippen molar-refractivity contribution in [3.63, 3.8) is 0 Å². The van der Waals surface area contributed by atoms with Crippen LogP contribution in [0.5, 0.6) is 0 Å². The van der Waals surface area contributed by atoms with Crippen molar-refractivity contribution in [2.24, 2.45) is 0 Å². The van der Waals surface area contributed by atoms with Crippen molar-refractivity contribution in [3.05, 3.63) is 23.8 Å². The highest BCUT2D eigenvalue weighted by molar-refractivity contribution is 5.93. The number of aromatic amines is 1. The molecular weight excluding hydrogens is 213 g/mol. The number of carbonyl (C=O) groups is 1. The summed E-state index contributed by atoms with van der Waals surface area (Å²) in [6.45, 7) is 2.41. The summed E-state index contributed by atoms with van der Waals surface area (Å²) in [6.07, 6.45) is 1.79. The summed E-state index contributed by atoms with van der Waals surface area (Å²) in [5.74, 6) is -0.444. The lowest BCUT2D eigenvalue weighted by Gasteiger charge is -2.00. The lowest BCUT2D eigenvalue weighted by Crippen LogP contribution is -2.06. The second kappa shape index (κ2) is 4.38. The summed E-state index contributed by atoms with van der Waals surface area (Å²) < 4.78 is 22.3. The molecule has 0 aliphatic carbocycles. The fourth-order valence-corrected chi connectivity index (χ4v) is 1.39. The van der Waals surface area contributed by atoms with E-state index in [4.69, 9.17) is 9.15 Å². The summed E-state index contributed by atoms with van der Waals surface area (Å²) >= 11 is 0. The minimum absolute atomic E-state index is 0.282. The number of esters is 1. The maximum absolute atomic E-state index is 12.6. The van der Waals surface area contributed by atoms with Crippen LogP contribution in [-0.2, 0) is 4.74 Å². The van der Waals surface area contributed by atoms with Crippen molar-refractivity contribution < 1.29 is 18.3 Å². The predicted molar refractivity (Wildman–Crippen MR) is 55.7 cm³/mol. The highest BCUT2D eigenvalue weighted by Gasteiger charge is 2.13. The first-order valence-electron chi connectivity index (χ1n) is 5.16. The third-order valence-electron chi connectivity index (χ3n) is 2.23. The third kappa shape index (κ3) is 2.08. The average Bonchev–Trinajstić information content (AvgIpc) is 2.74. The fourth-order valence-electron chi connectivity index (χ4n) is 1.39. The van der Waals surface area contributed by atoms with E-state index in [1.807, 2.05) is 6.92 Å². The number of aromatic nitrogens is 1. The van der Waals surface area contributed by atoms with E-state index in [1.165, 1.54) is 12.1 Å². The molecule has 2 heterocycles. The van der Waals surface area contributed by atoms with E-state index in [1.54, 1.807) is 0 Å². The normalized spacial score (nSPS) is 10.9. The number of hydrogen-bond acceptors (Lipinski definition) is 3. The molecule has 1 N–H and O–H groups in total. The second-order valence-electron chi connectivity index (χ2n) is 3.50. The van der Waals surface area contributed by atoms with Crippen LogP contribution in [0.25, 0.3) is 11.1 Å². The number of halogens is 1. The van der Waals surface area contributed by atoms with E-state index in [0.29, 0.717) is 17.7 Å². The van der Waals surface area contributed by atoms with Gasteiger partial charge in [-0.3, -0.25) is 0 Å². The van der Waals surface area contributed by atoms with E-state index in [9.17, 15) is 9.18 Å². The van der Waals surface area contributed by atoms with Crippen molar-refractivity contribution >= 4 is 17.1 Å². The molecule has 0 fully saturated rings. The van der Waals surface area contributed by atoms with Crippen LogP contribution >= 0.6 is 0 Å². The monoisotopic (exact) mass is 225 g/mol. The number of rotatable bonds is 4. The minimum atomic E-state index is -0.674. The topological polar surface area (TPSA) is 55.2 Å². The van der Waals surface area contributed by atoms with Crippen LogP contribution in [0, 0.1) is 6.01 Å². The van der Waals surface area contributed by atoms with Crippen LogP contribution in [0.4, 0.5) is 4.39 Å². The molecule has 4 nitrogen and oxygen atoms in total. The molecule has 0 unspecified atom stereocenters. The van der Waals surface area contributed by atoms with Crippen LogP contribution in [-0.4, -0.2) is 17.6 Å². The van der Waals surface area contributed by atoms with Crippen LogP contribution < -0.4 is 0 Å². The number of hydrogen-bond donors (Lipinski definition) is 1. The molecular formula is C11H12FNO3. The Morgan fingerprint density at radius 1 is 1.56 bits per heavy atom. The molecule has 0 radical (unpaired) electrons. The summed E-state index contributed by atoms with van der Waals surface area (Å²) in [5.41, 5.74) is 1.06. The standard InChI is InChI=1S/C11H12FNO3/c1-2-3-4-15-11(14)8-5-9-7(13-8)6-10(12)16-9/h5-6,13H,2-4H2,1H3. The van der Waals surface area contributed by atoms with Crippen LogP contribution in [0.15, 0.2) is 16.5 Å². The number of carbonyl (C=O) groups excluding carboxylic acids is 1. The third-order valence-corrected chi connectivity index (χ3v) is 2.23. The maximum Gasteiger partial charge on any atom is 0.354 e. The van der Waals surface area contributed by atoms with Crippen LogP contribution in [0.1, 0.15) is 30.3 Å². The van der Waals surface area contributed by atoms with Gasteiger partial charge in [0.15, 0.2) is 5.58 Å². The van der Waals surface area contributed by atoms with Gasteiger partial charge in [0.25, 0.3) is 6.01 Å². The molecule has 0 spiro atoms. The predicted octanol–water partition coefficient (Wildman–Crippen LogP) is 2.86. The SMILES string of the molecule is CCCCOC(=O)c1cc2oc(F)cc2[nH]1. The first-order chi connectivity index (χ1) is 7.70. The highest BCUT2D eigenvalue weighted by atomic mass is 19.1. The minimum Gasteiger partial charge on any atom is -0.461 e. The first kappa shape index (κ1) is 10.7. The smallest absolute Gasteiger partial charge is 0.354 e. The van der Waals surface area contributed by atoms with Crippen molar-refractivity contribution in [1.29, 1.82) is 0 Å². The summed E-state index contributed by atoms with van der Waals surface area (Å²) in [4.78, 5) is 14.2. The molecule has 0 atom stereocenters. The maximum atomic E-state index is 12.6. The largest absolute Gasteiger partial charge is 0.461 e. The van der Waals surface area contributed by atoms with E-state index in [2.05, 4.69) is 4.98 Å². The Hall–Kier alpha value is -1.78. The second-order valence-corrected chi connectivity index (χ2v) is 3.50. The Bertz CT molecular complexity index is 469. The number of nitrogens with one attached hydrogen (secondary N) is 1. The van der Waals surface area contributed by atoms with E-state index in [0.717, 1.165) is 12.8 Å². The van der Waals surface area contributed by atoms with Crippen LogP contribution in [0.2, 0.25) is 0 Å². The van der Waals surface area contributed by atoms with Crippen molar-refractivity contribution in [2.75, 3.05) is 6.61 Å². The number of fused-ring (bicyclic) bond motifs is 1. The fraction of sp³-hybridized carbons (Fsp3) is 0.364. The number of ether oxygens (including phenoxy) is 1. The highest BCUT2D eigenvalue weighted by Crippen LogP contribution is 2.19. The molecule has 0 saturated carbocycles. The number of furan rings is 1. The zero-order valence-corrected chi connectivity index (χ0v) is 8.88. The van der Waals surface area contributed by atoms with Gasteiger partial charge in [-0.2, -0.15) is 4.39 Å². The van der Waals surface area contributed by atoms with Crippen LogP contribution in [0.3, 0.4) is 0 Å². The van der Waals surface area contributed by atoms with Crippen molar-refractivity contribution in [1.82, 2.24) is 4.98 Å². The summed E-state index contributed by atoms with van der Waals surface area (Å²) in [5, 5.41) is 0. The van der Waals surface area contributed by atoms with E-state index >= 15 is 0 Å². The first-order valence-corrected chi connectivity index (χ1v) is 5.16. The van der Waals surface area contributed by atoms with E-state index in [-0.39, 0.29) is 5.69 Å². The Balaban J connectivity index is 2.08. The Morgan fingerprint density at radius 3 is 3.06 bits per heavy atom. The van der Waals surface area contributed by atoms with Gasteiger partial charge in [0.1, 0.15) is 5.69 Å². The van der Waals surface area contributed by atoms with Gasteiger partial charge in [0, 0.05) is 12.1 Å². The van der Waals surface area contributed by atoms with E-state index < -0.39 is 12.0 Å². The molecule has 0 bridgehead atoms. The quantitative estimate of drug-likeness (QED) is 0.643. The summed E-state index contributed by atoms with van der Waals surface area (Å²) in [7, 11) is 0. The Labute approximate surface area is 91.4 Å². The van der Waals surface area contributed by atoms with Gasteiger partial charge in [-0.1, -0.05) is 13.3 Å². The lowest BCUT2D eigenvalue weighted by molar-refractivity contribution is 0.0494. The Kier molecular flexibility index (Phi) is 2.94.